The van der Waals surface area contributed by atoms with E-state index in [0.29, 0.717) is 22.5 Å². The second kappa shape index (κ2) is 4.66. The van der Waals surface area contributed by atoms with Gasteiger partial charge in [0.25, 0.3) is 0 Å². The molecule has 0 radical (unpaired) electrons. The Morgan fingerprint density at radius 3 is 2.53 bits per heavy atom. The van der Waals surface area contributed by atoms with Gasteiger partial charge in [-0.15, -0.1) is 0 Å². The van der Waals surface area contributed by atoms with Gasteiger partial charge in [-0.1, -0.05) is 12.1 Å². The molecule has 1 fully saturated rings. The number of rotatable bonds is 5. The molecular weight excluding hydrogens is 236 g/mol. The third-order valence-corrected chi connectivity index (χ3v) is 4.63. The molecule has 1 atom stereocenters. The number of benzene rings is 1. The Hall–Kier alpha value is -1.07. The molecule has 0 heterocycles. The summed E-state index contributed by atoms with van der Waals surface area (Å²) in [6, 6.07) is 7.33. The van der Waals surface area contributed by atoms with Gasteiger partial charge in [-0.2, -0.15) is 0 Å². The lowest BCUT2D eigenvalue weighted by Gasteiger charge is -2.17. The van der Waals surface area contributed by atoms with E-state index in [-0.39, 0.29) is 0 Å². The van der Waals surface area contributed by atoms with Crippen molar-refractivity contribution in [3.05, 3.63) is 24.3 Å². The number of sulfonamides is 1. The monoisotopic (exact) mass is 254 g/mol. The van der Waals surface area contributed by atoms with Crippen LogP contribution in [0.4, 0.5) is 5.69 Å². The van der Waals surface area contributed by atoms with E-state index >= 15 is 0 Å². The highest BCUT2D eigenvalue weighted by Gasteiger charge is 2.28. The first-order valence-corrected chi connectivity index (χ1v) is 7.32. The molecule has 0 aliphatic heterocycles. The quantitative estimate of drug-likeness (QED) is 0.842. The maximum atomic E-state index is 11.8. The van der Waals surface area contributed by atoms with Crippen LogP contribution < -0.4 is 10.0 Å². The standard InChI is InChI=1S/C12H18N2O2S/c1-9(10-7-8-10)14-11-5-3-4-6-12(11)17(15,16)13-2/h3-6,9-10,13-14H,7-8H2,1-2H3. The second-order valence-electron chi connectivity index (χ2n) is 4.47. The van der Waals surface area contributed by atoms with E-state index in [1.807, 2.05) is 12.1 Å². The maximum absolute atomic E-state index is 11.8. The van der Waals surface area contributed by atoms with E-state index in [0.717, 1.165) is 0 Å². The molecule has 4 nitrogen and oxygen atoms in total. The topological polar surface area (TPSA) is 58.2 Å². The van der Waals surface area contributed by atoms with E-state index in [4.69, 9.17) is 0 Å². The van der Waals surface area contributed by atoms with Gasteiger partial charge in [-0.05, 0) is 44.9 Å². The summed E-state index contributed by atoms with van der Waals surface area (Å²) in [6.45, 7) is 2.10. The number of para-hydroxylation sites is 1. The molecule has 1 unspecified atom stereocenters. The number of nitrogens with one attached hydrogen (secondary N) is 2. The molecule has 94 valence electrons. The first kappa shape index (κ1) is 12.4. The van der Waals surface area contributed by atoms with Crippen LogP contribution in [0.2, 0.25) is 0 Å². The molecule has 2 N–H and O–H groups in total. The minimum absolute atomic E-state index is 0.315. The molecule has 1 aliphatic carbocycles. The minimum atomic E-state index is -3.39. The lowest BCUT2D eigenvalue weighted by Crippen LogP contribution is -2.23. The Balaban J connectivity index is 2.27. The third kappa shape index (κ3) is 2.79. The zero-order valence-corrected chi connectivity index (χ0v) is 10.9. The predicted molar refractivity (Wildman–Crippen MR) is 68.5 cm³/mol. The van der Waals surface area contributed by atoms with Crippen molar-refractivity contribution in [2.24, 2.45) is 5.92 Å². The Morgan fingerprint density at radius 1 is 1.29 bits per heavy atom. The first-order valence-electron chi connectivity index (χ1n) is 5.83. The second-order valence-corrected chi connectivity index (χ2v) is 6.33. The largest absolute Gasteiger partial charge is 0.381 e. The van der Waals surface area contributed by atoms with Gasteiger partial charge in [0.1, 0.15) is 4.90 Å². The van der Waals surface area contributed by atoms with Crippen LogP contribution in [-0.2, 0) is 10.0 Å². The third-order valence-electron chi connectivity index (χ3n) is 3.16. The lowest BCUT2D eigenvalue weighted by atomic mass is 10.2. The maximum Gasteiger partial charge on any atom is 0.242 e. The van der Waals surface area contributed by atoms with Crippen LogP contribution in [0, 0.1) is 5.92 Å². The van der Waals surface area contributed by atoms with Crippen LogP contribution in [0.1, 0.15) is 19.8 Å². The molecule has 1 aromatic rings. The van der Waals surface area contributed by atoms with Crippen LogP contribution in [0.15, 0.2) is 29.2 Å². The van der Waals surface area contributed by atoms with Gasteiger partial charge in [-0.25, -0.2) is 13.1 Å². The fourth-order valence-electron chi connectivity index (χ4n) is 1.89. The van der Waals surface area contributed by atoms with Gasteiger partial charge in [0.15, 0.2) is 0 Å². The van der Waals surface area contributed by atoms with Crippen molar-refractivity contribution in [3.8, 4) is 0 Å². The highest BCUT2D eigenvalue weighted by Crippen LogP contribution is 2.34. The minimum Gasteiger partial charge on any atom is -0.381 e. The fraction of sp³-hybridized carbons (Fsp3) is 0.500. The lowest BCUT2D eigenvalue weighted by molar-refractivity contribution is 0.588. The van der Waals surface area contributed by atoms with Crippen molar-refractivity contribution in [3.63, 3.8) is 0 Å². The van der Waals surface area contributed by atoms with Crippen molar-refractivity contribution >= 4 is 15.7 Å². The van der Waals surface area contributed by atoms with Crippen LogP contribution in [-0.4, -0.2) is 21.5 Å². The van der Waals surface area contributed by atoms with Crippen LogP contribution >= 0.6 is 0 Å². The molecule has 2 rings (SSSR count). The van der Waals surface area contributed by atoms with Gasteiger partial charge < -0.3 is 5.32 Å². The van der Waals surface area contributed by atoms with E-state index in [2.05, 4.69) is 17.0 Å². The van der Waals surface area contributed by atoms with Crippen LogP contribution in [0.3, 0.4) is 0 Å². The fourth-order valence-corrected chi connectivity index (χ4v) is 2.78. The molecular formula is C12H18N2O2S. The molecule has 0 spiro atoms. The molecule has 0 bridgehead atoms. The van der Waals surface area contributed by atoms with Gasteiger partial charge >= 0.3 is 0 Å². The zero-order valence-electron chi connectivity index (χ0n) is 10.1. The SMILES string of the molecule is CNS(=O)(=O)c1ccccc1NC(C)C1CC1. The van der Waals surface area contributed by atoms with E-state index in [1.54, 1.807) is 12.1 Å². The van der Waals surface area contributed by atoms with Crippen molar-refractivity contribution in [2.75, 3.05) is 12.4 Å². The summed E-state index contributed by atoms with van der Waals surface area (Å²) in [4.78, 5) is 0.315. The molecule has 17 heavy (non-hydrogen) atoms. The predicted octanol–water partition coefficient (Wildman–Crippen LogP) is 1.81. The van der Waals surface area contributed by atoms with E-state index in [1.165, 1.54) is 19.9 Å². The number of hydrogen-bond acceptors (Lipinski definition) is 3. The average molecular weight is 254 g/mol. The Morgan fingerprint density at radius 2 is 1.94 bits per heavy atom. The Labute approximate surface area is 102 Å². The molecule has 1 aromatic carbocycles. The van der Waals surface area contributed by atoms with Crippen molar-refractivity contribution in [1.29, 1.82) is 0 Å². The van der Waals surface area contributed by atoms with Crippen molar-refractivity contribution in [2.45, 2.75) is 30.7 Å². The van der Waals surface area contributed by atoms with E-state index in [9.17, 15) is 8.42 Å². The first-order chi connectivity index (χ1) is 8.04. The molecule has 0 aromatic heterocycles. The summed E-state index contributed by atoms with van der Waals surface area (Å²) >= 11 is 0. The van der Waals surface area contributed by atoms with Gasteiger partial charge in [-0.3, -0.25) is 0 Å². The van der Waals surface area contributed by atoms with Crippen molar-refractivity contribution < 1.29 is 8.42 Å². The summed E-state index contributed by atoms with van der Waals surface area (Å²) in [5.74, 6) is 0.681. The summed E-state index contributed by atoms with van der Waals surface area (Å²) in [7, 11) is -1.97. The summed E-state index contributed by atoms with van der Waals surface area (Å²) in [6.07, 6.45) is 2.46. The summed E-state index contributed by atoms with van der Waals surface area (Å²) in [5, 5.41) is 3.29. The van der Waals surface area contributed by atoms with Gasteiger partial charge in [0.05, 0.1) is 5.69 Å². The average Bonchev–Trinajstić information content (AvgIpc) is 3.13. The smallest absolute Gasteiger partial charge is 0.242 e. The Kier molecular flexibility index (Phi) is 3.40. The highest BCUT2D eigenvalue weighted by molar-refractivity contribution is 7.89. The number of anilines is 1. The van der Waals surface area contributed by atoms with Crippen LogP contribution in [0.25, 0.3) is 0 Å². The van der Waals surface area contributed by atoms with E-state index < -0.39 is 10.0 Å². The van der Waals surface area contributed by atoms with Gasteiger partial charge in [0, 0.05) is 6.04 Å². The number of hydrogen-bond donors (Lipinski definition) is 2. The van der Waals surface area contributed by atoms with Gasteiger partial charge in [0.2, 0.25) is 10.0 Å². The Bertz CT molecular complexity index is 495. The van der Waals surface area contributed by atoms with Crippen LogP contribution in [0.5, 0.6) is 0 Å². The highest BCUT2D eigenvalue weighted by atomic mass is 32.2. The molecule has 1 aliphatic rings. The molecule has 0 saturated heterocycles. The molecule has 1 saturated carbocycles. The van der Waals surface area contributed by atoms with Crippen molar-refractivity contribution in [1.82, 2.24) is 4.72 Å². The molecule has 0 amide bonds. The summed E-state index contributed by atoms with van der Waals surface area (Å²) in [5.41, 5.74) is 0.682. The normalized spacial score (nSPS) is 17.8. The summed E-state index contributed by atoms with van der Waals surface area (Å²) < 4.78 is 26.0. The zero-order chi connectivity index (χ0) is 12.5. The molecule has 5 heteroatoms.